The SMILES string of the molecule is CC=CC=CC(=O)N(CC)C(C)CC(=O)O. The summed E-state index contributed by atoms with van der Waals surface area (Å²) >= 11 is 0. The molecule has 0 aromatic rings. The van der Waals surface area contributed by atoms with E-state index in [1.54, 1.807) is 19.1 Å². The molecule has 1 N–H and O–H groups in total. The number of allylic oxidation sites excluding steroid dienone is 3. The second-order valence-corrected chi connectivity index (χ2v) is 3.46. The first-order chi connectivity index (χ1) is 7.52. The Morgan fingerprint density at radius 3 is 2.44 bits per heavy atom. The molecular weight excluding hydrogens is 206 g/mol. The molecule has 16 heavy (non-hydrogen) atoms. The minimum absolute atomic E-state index is 0.0307. The van der Waals surface area contributed by atoms with E-state index in [9.17, 15) is 9.59 Å². The molecular formula is C12H19NO3. The lowest BCUT2D eigenvalue weighted by Crippen LogP contribution is -2.38. The molecule has 0 aliphatic carbocycles. The van der Waals surface area contributed by atoms with Gasteiger partial charge in [-0.1, -0.05) is 18.2 Å². The first kappa shape index (κ1) is 14.4. The van der Waals surface area contributed by atoms with E-state index in [0.717, 1.165) is 0 Å². The van der Waals surface area contributed by atoms with Crippen molar-refractivity contribution in [2.24, 2.45) is 0 Å². The lowest BCUT2D eigenvalue weighted by molar-refractivity contribution is -0.139. The van der Waals surface area contributed by atoms with Crippen LogP contribution in [-0.2, 0) is 9.59 Å². The van der Waals surface area contributed by atoms with E-state index in [-0.39, 0.29) is 18.4 Å². The molecule has 0 rings (SSSR count). The Bertz CT molecular complexity index is 295. The molecule has 0 aliphatic rings. The van der Waals surface area contributed by atoms with Crippen LogP contribution in [0, 0.1) is 0 Å². The first-order valence-corrected chi connectivity index (χ1v) is 5.34. The Balaban J connectivity index is 4.47. The summed E-state index contributed by atoms with van der Waals surface area (Å²) in [7, 11) is 0. The maximum atomic E-state index is 11.7. The van der Waals surface area contributed by atoms with Gasteiger partial charge in [0.2, 0.25) is 5.91 Å². The summed E-state index contributed by atoms with van der Waals surface area (Å²) in [6, 6.07) is -0.287. The van der Waals surface area contributed by atoms with Crippen LogP contribution in [0.5, 0.6) is 0 Å². The standard InChI is InChI=1S/C12H19NO3/c1-4-6-7-8-11(14)13(5-2)10(3)9-12(15)16/h4,6-8,10H,5,9H2,1-3H3,(H,15,16). The van der Waals surface area contributed by atoms with Crippen molar-refractivity contribution < 1.29 is 14.7 Å². The van der Waals surface area contributed by atoms with E-state index in [1.807, 2.05) is 19.9 Å². The highest BCUT2D eigenvalue weighted by Crippen LogP contribution is 2.05. The van der Waals surface area contributed by atoms with Gasteiger partial charge in [0.25, 0.3) is 0 Å². The third-order valence-corrected chi connectivity index (χ3v) is 2.17. The molecule has 0 radical (unpaired) electrons. The molecule has 0 aromatic heterocycles. The Morgan fingerprint density at radius 2 is 2.00 bits per heavy atom. The number of amides is 1. The molecule has 0 aliphatic heterocycles. The van der Waals surface area contributed by atoms with Crippen molar-refractivity contribution in [3.63, 3.8) is 0 Å². The van der Waals surface area contributed by atoms with E-state index in [4.69, 9.17) is 5.11 Å². The van der Waals surface area contributed by atoms with E-state index in [1.165, 1.54) is 11.0 Å². The van der Waals surface area contributed by atoms with Crippen LogP contribution in [0.2, 0.25) is 0 Å². The number of carboxylic acid groups (broad SMARTS) is 1. The van der Waals surface area contributed by atoms with Crippen molar-refractivity contribution in [1.29, 1.82) is 0 Å². The number of nitrogens with zero attached hydrogens (tertiary/aromatic N) is 1. The van der Waals surface area contributed by atoms with Gasteiger partial charge >= 0.3 is 5.97 Å². The molecule has 1 atom stereocenters. The highest BCUT2D eigenvalue weighted by Gasteiger charge is 2.18. The second-order valence-electron chi connectivity index (χ2n) is 3.46. The molecule has 0 saturated heterocycles. The molecule has 0 spiro atoms. The largest absolute Gasteiger partial charge is 0.481 e. The van der Waals surface area contributed by atoms with Crippen LogP contribution < -0.4 is 0 Å². The first-order valence-electron chi connectivity index (χ1n) is 5.34. The van der Waals surface area contributed by atoms with E-state index >= 15 is 0 Å². The van der Waals surface area contributed by atoms with E-state index in [2.05, 4.69) is 0 Å². The quantitative estimate of drug-likeness (QED) is 0.554. The molecule has 4 nitrogen and oxygen atoms in total. The fraction of sp³-hybridized carbons (Fsp3) is 0.500. The van der Waals surface area contributed by atoms with Crippen molar-refractivity contribution >= 4 is 11.9 Å². The number of carboxylic acids is 1. The average molecular weight is 225 g/mol. The summed E-state index contributed by atoms with van der Waals surface area (Å²) in [5, 5.41) is 8.66. The maximum absolute atomic E-state index is 11.7. The molecule has 0 bridgehead atoms. The molecule has 0 aromatic carbocycles. The zero-order chi connectivity index (χ0) is 12.6. The van der Waals surface area contributed by atoms with Gasteiger partial charge in [0, 0.05) is 18.7 Å². The molecule has 0 heterocycles. The van der Waals surface area contributed by atoms with Gasteiger partial charge in [-0.05, 0) is 20.8 Å². The normalized spacial score (nSPS) is 13.2. The summed E-state index contributed by atoms with van der Waals surface area (Å²) < 4.78 is 0. The third kappa shape index (κ3) is 5.34. The van der Waals surface area contributed by atoms with Gasteiger partial charge in [-0.3, -0.25) is 9.59 Å². The zero-order valence-electron chi connectivity index (χ0n) is 10.0. The summed E-state index contributed by atoms with van der Waals surface area (Å²) in [4.78, 5) is 23.8. The lowest BCUT2D eigenvalue weighted by Gasteiger charge is -2.25. The fourth-order valence-electron chi connectivity index (χ4n) is 1.39. The van der Waals surface area contributed by atoms with Crippen LogP contribution >= 0.6 is 0 Å². The van der Waals surface area contributed by atoms with Crippen LogP contribution in [0.1, 0.15) is 27.2 Å². The lowest BCUT2D eigenvalue weighted by atomic mass is 10.2. The topological polar surface area (TPSA) is 57.6 Å². The summed E-state index contributed by atoms with van der Waals surface area (Å²) in [6.45, 7) is 5.94. The van der Waals surface area contributed by atoms with Gasteiger partial charge in [-0.15, -0.1) is 0 Å². The van der Waals surface area contributed by atoms with Crippen molar-refractivity contribution in [1.82, 2.24) is 4.90 Å². The molecule has 1 amide bonds. The minimum Gasteiger partial charge on any atom is -0.481 e. The highest BCUT2D eigenvalue weighted by molar-refractivity contribution is 5.88. The number of rotatable bonds is 6. The van der Waals surface area contributed by atoms with Crippen LogP contribution in [-0.4, -0.2) is 34.5 Å². The van der Waals surface area contributed by atoms with Gasteiger partial charge in [0.15, 0.2) is 0 Å². The Hall–Kier alpha value is -1.58. The Labute approximate surface area is 96.3 Å². The van der Waals surface area contributed by atoms with Crippen molar-refractivity contribution in [2.45, 2.75) is 33.2 Å². The van der Waals surface area contributed by atoms with Crippen molar-refractivity contribution in [3.05, 3.63) is 24.3 Å². The van der Waals surface area contributed by atoms with Crippen molar-refractivity contribution in [2.75, 3.05) is 6.54 Å². The van der Waals surface area contributed by atoms with E-state index < -0.39 is 5.97 Å². The number of likely N-dealkylation sites (N-methyl/N-ethyl adjacent to an activating group) is 1. The zero-order valence-corrected chi connectivity index (χ0v) is 10.0. The predicted molar refractivity (Wildman–Crippen MR) is 63.1 cm³/mol. The number of hydrogen-bond donors (Lipinski definition) is 1. The van der Waals surface area contributed by atoms with Crippen LogP contribution in [0.3, 0.4) is 0 Å². The minimum atomic E-state index is -0.892. The fourth-order valence-corrected chi connectivity index (χ4v) is 1.39. The smallest absolute Gasteiger partial charge is 0.305 e. The number of hydrogen-bond acceptors (Lipinski definition) is 2. The highest BCUT2D eigenvalue weighted by atomic mass is 16.4. The van der Waals surface area contributed by atoms with Crippen LogP contribution in [0.15, 0.2) is 24.3 Å². The molecule has 4 heteroatoms. The number of carbonyl (C=O) groups excluding carboxylic acids is 1. The summed E-state index contributed by atoms with van der Waals surface area (Å²) in [5.74, 6) is -1.05. The van der Waals surface area contributed by atoms with Gasteiger partial charge in [0.05, 0.1) is 6.42 Å². The van der Waals surface area contributed by atoms with Gasteiger partial charge in [0.1, 0.15) is 0 Å². The molecule has 0 fully saturated rings. The third-order valence-electron chi connectivity index (χ3n) is 2.17. The Morgan fingerprint density at radius 1 is 1.38 bits per heavy atom. The predicted octanol–water partition coefficient (Wildman–Crippen LogP) is 1.83. The van der Waals surface area contributed by atoms with Crippen LogP contribution in [0.4, 0.5) is 0 Å². The van der Waals surface area contributed by atoms with Gasteiger partial charge in [-0.25, -0.2) is 0 Å². The molecule has 1 unspecified atom stereocenters. The summed E-state index contributed by atoms with van der Waals surface area (Å²) in [6.07, 6.45) is 6.64. The summed E-state index contributed by atoms with van der Waals surface area (Å²) in [5.41, 5.74) is 0. The van der Waals surface area contributed by atoms with Gasteiger partial charge < -0.3 is 10.0 Å². The Kier molecular flexibility index (Phi) is 6.92. The van der Waals surface area contributed by atoms with E-state index in [0.29, 0.717) is 6.54 Å². The number of aliphatic carboxylic acids is 1. The average Bonchev–Trinajstić information content (AvgIpc) is 2.18. The van der Waals surface area contributed by atoms with Crippen molar-refractivity contribution in [3.8, 4) is 0 Å². The number of carbonyl (C=O) groups is 2. The molecule has 0 saturated carbocycles. The van der Waals surface area contributed by atoms with Crippen LogP contribution in [0.25, 0.3) is 0 Å². The molecule has 90 valence electrons. The maximum Gasteiger partial charge on any atom is 0.305 e. The second kappa shape index (κ2) is 7.68. The monoisotopic (exact) mass is 225 g/mol. The van der Waals surface area contributed by atoms with Gasteiger partial charge in [-0.2, -0.15) is 0 Å².